The average Bonchev–Trinajstić information content (AvgIpc) is 2.73. The van der Waals surface area contributed by atoms with Crippen LogP contribution in [0.3, 0.4) is 0 Å². The molecule has 2 aromatic rings. The van der Waals surface area contributed by atoms with Crippen LogP contribution in [0.2, 0.25) is 0 Å². The molecule has 1 saturated heterocycles. The van der Waals surface area contributed by atoms with Crippen molar-refractivity contribution in [3.63, 3.8) is 0 Å². The standard InChI is InChI=1S/C23H32N2O4/c1-18-4-3-5-19(12-18)14-24-15-20-6-7-22(23(13-20)27-2)29-17-21(26)16-25-8-10-28-11-9-25/h3-7,12-13,21,24,26H,8-11,14-17H2,1-2H3/t21-/m1/s1. The van der Waals surface area contributed by atoms with Crippen molar-refractivity contribution in [1.29, 1.82) is 0 Å². The molecule has 1 fully saturated rings. The second-order valence-corrected chi connectivity index (χ2v) is 7.46. The summed E-state index contributed by atoms with van der Waals surface area (Å²) in [5.41, 5.74) is 3.66. The first-order chi connectivity index (χ1) is 14.1. The maximum atomic E-state index is 10.3. The van der Waals surface area contributed by atoms with Crippen LogP contribution in [0.15, 0.2) is 42.5 Å². The largest absolute Gasteiger partial charge is 0.493 e. The van der Waals surface area contributed by atoms with E-state index < -0.39 is 6.10 Å². The number of nitrogens with one attached hydrogen (secondary N) is 1. The molecule has 0 bridgehead atoms. The fourth-order valence-electron chi connectivity index (χ4n) is 3.43. The van der Waals surface area contributed by atoms with E-state index in [1.165, 1.54) is 11.1 Å². The van der Waals surface area contributed by atoms with E-state index in [-0.39, 0.29) is 6.61 Å². The molecule has 6 heteroatoms. The fraction of sp³-hybridized carbons (Fsp3) is 0.478. The van der Waals surface area contributed by atoms with Crippen molar-refractivity contribution in [3.05, 3.63) is 59.2 Å². The Hall–Kier alpha value is -2.12. The number of nitrogens with zero attached hydrogens (tertiary/aromatic N) is 1. The van der Waals surface area contributed by atoms with Crippen LogP contribution in [0.5, 0.6) is 11.5 Å². The molecular weight excluding hydrogens is 368 g/mol. The Bertz CT molecular complexity index is 762. The molecule has 0 spiro atoms. The second kappa shape index (κ2) is 11.2. The first kappa shape index (κ1) is 21.6. The van der Waals surface area contributed by atoms with Gasteiger partial charge in [0.05, 0.1) is 20.3 Å². The number of hydrogen-bond acceptors (Lipinski definition) is 6. The highest BCUT2D eigenvalue weighted by molar-refractivity contribution is 5.43. The number of aryl methyl sites for hydroxylation is 1. The Morgan fingerprint density at radius 3 is 2.55 bits per heavy atom. The summed E-state index contributed by atoms with van der Waals surface area (Å²) in [6.07, 6.45) is -0.548. The molecule has 1 heterocycles. The van der Waals surface area contributed by atoms with Gasteiger partial charge in [-0.2, -0.15) is 0 Å². The zero-order chi connectivity index (χ0) is 20.5. The summed E-state index contributed by atoms with van der Waals surface area (Å²) in [5, 5.41) is 13.7. The van der Waals surface area contributed by atoms with Crippen molar-refractivity contribution in [3.8, 4) is 11.5 Å². The van der Waals surface area contributed by atoms with Crippen molar-refractivity contribution in [2.45, 2.75) is 26.1 Å². The second-order valence-electron chi connectivity index (χ2n) is 7.46. The molecule has 1 atom stereocenters. The van der Waals surface area contributed by atoms with Crippen molar-refractivity contribution in [2.75, 3.05) is 46.6 Å². The number of aliphatic hydroxyl groups excluding tert-OH is 1. The number of benzene rings is 2. The SMILES string of the molecule is COc1cc(CNCc2cccc(C)c2)ccc1OC[C@H](O)CN1CCOCC1. The molecule has 0 saturated carbocycles. The minimum absolute atomic E-state index is 0.235. The molecule has 0 radical (unpaired) electrons. The summed E-state index contributed by atoms with van der Waals surface area (Å²) in [6, 6.07) is 14.4. The average molecular weight is 401 g/mol. The van der Waals surface area contributed by atoms with Crippen LogP contribution in [-0.2, 0) is 17.8 Å². The zero-order valence-electron chi connectivity index (χ0n) is 17.4. The first-order valence-electron chi connectivity index (χ1n) is 10.2. The molecule has 0 aliphatic carbocycles. The molecule has 29 heavy (non-hydrogen) atoms. The summed E-state index contributed by atoms with van der Waals surface area (Å²) >= 11 is 0. The first-order valence-corrected chi connectivity index (χ1v) is 10.2. The summed E-state index contributed by atoms with van der Waals surface area (Å²) < 4.78 is 16.6. The molecule has 0 aromatic heterocycles. The van der Waals surface area contributed by atoms with Crippen molar-refractivity contribution in [1.82, 2.24) is 10.2 Å². The highest BCUT2D eigenvalue weighted by atomic mass is 16.5. The van der Waals surface area contributed by atoms with Gasteiger partial charge in [0.2, 0.25) is 0 Å². The lowest BCUT2D eigenvalue weighted by molar-refractivity contribution is 0.00445. The molecule has 2 N–H and O–H groups in total. The Morgan fingerprint density at radius 2 is 1.83 bits per heavy atom. The van der Waals surface area contributed by atoms with Gasteiger partial charge < -0.3 is 24.6 Å². The quantitative estimate of drug-likeness (QED) is 0.639. The van der Waals surface area contributed by atoms with E-state index in [0.717, 1.165) is 45.0 Å². The molecule has 2 aromatic carbocycles. The van der Waals surface area contributed by atoms with Gasteiger partial charge in [0.1, 0.15) is 12.7 Å². The van der Waals surface area contributed by atoms with Crippen LogP contribution in [0.4, 0.5) is 0 Å². The summed E-state index contributed by atoms with van der Waals surface area (Å²) in [6.45, 7) is 7.63. The molecular formula is C23H32N2O4. The Balaban J connectivity index is 1.47. The predicted octanol–water partition coefficient (Wildman–Crippen LogP) is 2.37. The maximum Gasteiger partial charge on any atom is 0.161 e. The summed E-state index contributed by atoms with van der Waals surface area (Å²) in [5.74, 6) is 1.33. The number of ether oxygens (including phenoxy) is 3. The number of rotatable bonds is 10. The van der Waals surface area contributed by atoms with Gasteiger partial charge in [-0.15, -0.1) is 0 Å². The summed E-state index contributed by atoms with van der Waals surface area (Å²) in [4.78, 5) is 2.19. The van der Waals surface area contributed by atoms with Crippen molar-refractivity contribution < 1.29 is 19.3 Å². The molecule has 1 aliphatic rings. The van der Waals surface area contributed by atoms with E-state index in [9.17, 15) is 5.11 Å². The van der Waals surface area contributed by atoms with Gasteiger partial charge in [-0.25, -0.2) is 0 Å². The van der Waals surface area contributed by atoms with E-state index in [1.807, 2.05) is 18.2 Å². The van der Waals surface area contributed by atoms with Gasteiger partial charge >= 0.3 is 0 Å². The van der Waals surface area contributed by atoms with Gasteiger partial charge in [0.15, 0.2) is 11.5 Å². The predicted molar refractivity (Wildman–Crippen MR) is 113 cm³/mol. The van der Waals surface area contributed by atoms with Crippen LogP contribution in [0.25, 0.3) is 0 Å². The van der Waals surface area contributed by atoms with Crippen molar-refractivity contribution >= 4 is 0 Å². The Labute approximate surface area is 173 Å². The van der Waals surface area contributed by atoms with E-state index in [4.69, 9.17) is 14.2 Å². The van der Waals surface area contributed by atoms with Crippen molar-refractivity contribution in [2.24, 2.45) is 0 Å². The Morgan fingerprint density at radius 1 is 1.07 bits per heavy atom. The highest BCUT2D eigenvalue weighted by Crippen LogP contribution is 2.28. The van der Waals surface area contributed by atoms with Crippen LogP contribution in [0, 0.1) is 6.92 Å². The molecule has 0 unspecified atom stereocenters. The fourth-order valence-corrected chi connectivity index (χ4v) is 3.43. The molecule has 0 amide bonds. The minimum atomic E-state index is -0.548. The third kappa shape index (κ3) is 7.01. The van der Waals surface area contributed by atoms with Gasteiger partial charge in [0, 0.05) is 32.7 Å². The normalized spacial score (nSPS) is 15.8. The molecule has 1 aliphatic heterocycles. The lowest BCUT2D eigenvalue weighted by Gasteiger charge is -2.28. The lowest BCUT2D eigenvalue weighted by Crippen LogP contribution is -2.42. The van der Waals surface area contributed by atoms with Gasteiger partial charge in [0.25, 0.3) is 0 Å². The van der Waals surface area contributed by atoms with E-state index in [1.54, 1.807) is 7.11 Å². The number of morpholine rings is 1. The van der Waals surface area contributed by atoms with Crippen LogP contribution >= 0.6 is 0 Å². The summed E-state index contributed by atoms with van der Waals surface area (Å²) in [7, 11) is 1.64. The van der Waals surface area contributed by atoms with Gasteiger partial charge in [-0.1, -0.05) is 35.9 Å². The van der Waals surface area contributed by atoms with Crippen LogP contribution in [0.1, 0.15) is 16.7 Å². The Kier molecular flexibility index (Phi) is 8.31. The third-order valence-electron chi connectivity index (χ3n) is 4.97. The van der Waals surface area contributed by atoms with Gasteiger partial charge in [-0.3, -0.25) is 4.90 Å². The number of aliphatic hydroxyl groups is 1. The highest BCUT2D eigenvalue weighted by Gasteiger charge is 2.16. The number of methoxy groups -OCH3 is 1. The number of hydrogen-bond donors (Lipinski definition) is 2. The monoisotopic (exact) mass is 400 g/mol. The molecule has 3 rings (SSSR count). The topological polar surface area (TPSA) is 63.2 Å². The lowest BCUT2D eigenvalue weighted by atomic mass is 10.1. The smallest absolute Gasteiger partial charge is 0.161 e. The zero-order valence-corrected chi connectivity index (χ0v) is 17.4. The number of β-amino-alcohol motifs (C(OH)–C–C–N with tert-alkyl or cyclic N) is 1. The van der Waals surface area contributed by atoms with Crippen LogP contribution < -0.4 is 14.8 Å². The van der Waals surface area contributed by atoms with Crippen LogP contribution in [-0.4, -0.2) is 62.7 Å². The molecule has 6 nitrogen and oxygen atoms in total. The minimum Gasteiger partial charge on any atom is -0.493 e. The van der Waals surface area contributed by atoms with E-state index >= 15 is 0 Å². The van der Waals surface area contributed by atoms with E-state index in [0.29, 0.717) is 18.0 Å². The maximum absolute atomic E-state index is 10.3. The third-order valence-corrected chi connectivity index (χ3v) is 4.97. The van der Waals surface area contributed by atoms with E-state index in [2.05, 4.69) is 41.4 Å². The molecule has 158 valence electrons. The van der Waals surface area contributed by atoms with Gasteiger partial charge in [-0.05, 0) is 30.2 Å².